The van der Waals surface area contributed by atoms with Gasteiger partial charge in [0.05, 0.1) is 0 Å². The number of carbonyl (C=O) groups excluding carboxylic acids is 1. The summed E-state index contributed by atoms with van der Waals surface area (Å²) in [6.45, 7) is 2.24. The standard InChI is InChI=1S/C20H24N2O5S2/c23-19(6-4-15-3-5-17-18(14-15)27-12-11-26-17)22-9-7-16(8-10-22)21-29(24,25)20-2-1-13-28-20/h1-3,5,13-14,16,21H,4,6-12H2. The van der Waals surface area contributed by atoms with Gasteiger partial charge in [0, 0.05) is 25.6 Å². The number of hydrogen-bond donors (Lipinski definition) is 1. The number of hydrogen-bond acceptors (Lipinski definition) is 6. The lowest BCUT2D eigenvalue weighted by atomic mass is 10.0. The van der Waals surface area contributed by atoms with Gasteiger partial charge in [0.15, 0.2) is 11.5 Å². The summed E-state index contributed by atoms with van der Waals surface area (Å²) in [6.07, 6.45) is 2.31. The van der Waals surface area contributed by atoms with E-state index in [2.05, 4.69) is 4.72 Å². The highest BCUT2D eigenvalue weighted by molar-refractivity contribution is 7.91. The monoisotopic (exact) mass is 436 g/mol. The van der Waals surface area contributed by atoms with Crippen LogP contribution in [0, 0.1) is 0 Å². The largest absolute Gasteiger partial charge is 0.486 e. The van der Waals surface area contributed by atoms with E-state index in [1.807, 2.05) is 23.1 Å². The van der Waals surface area contributed by atoms with Crippen LogP contribution in [0.5, 0.6) is 11.5 Å². The van der Waals surface area contributed by atoms with Crippen LogP contribution in [0.15, 0.2) is 39.9 Å². The van der Waals surface area contributed by atoms with Crippen molar-refractivity contribution >= 4 is 27.3 Å². The number of rotatable bonds is 6. The fraction of sp³-hybridized carbons (Fsp3) is 0.450. The van der Waals surface area contributed by atoms with Gasteiger partial charge in [-0.1, -0.05) is 12.1 Å². The fourth-order valence-corrected chi connectivity index (χ4v) is 5.91. The Morgan fingerprint density at radius 3 is 2.62 bits per heavy atom. The minimum absolute atomic E-state index is 0.0967. The highest BCUT2D eigenvalue weighted by Gasteiger charge is 2.27. The molecule has 1 aromatic heterocycles. The lowest BCUT2D eigenvalue weighted by molar-refractivity contribution is -0.132. The molecule has 0 atom stereocenters. The van der Waals surface area contributed by atoms with Gasteiger partial charge >= 0.3 is 0 Å². The molecule has 1 saturated heterocycles. The van der Waals surface area contributed by atoms with Crippen LogP contribution in [0.4, 0.5) is 0 Å². The SMILES string of the molecule is O=C(CCc1ccc2c(c1)OCCO2)N1CCC(NS(=O)(=O)c2cccs2)CC1. The van der Waals surface area contributed by atoms with Gasteiger partial charge in [0.25, 0.3) is 0 Å². The smallest absolute Gasteiger partial charge is 0.250 e. The normalized spacial score (nSPS) is 17.3. The molecule has 2 aliphatic rings. The molecule has 156 valence electrons. The maximum Gasteiger partial charge on any atom is 0.250 e. The Morgan fingerprint density at radius 1 is 1.14 bits per heavy atom. The number of piperidine rings is 1. The molecular formula is C20H24N2O5S2. The summed E-state index contributed by atoms with van der Waals surface area (Å²) < 4.78 is 38.9. The summed E-state index contributed by atoms with van der Waals surface area (Å²) in [4.78, 5) is 14.4. The van der Waals surface area contributed by atoms with Gasteiger partial charge in [0.2, 0.25) is 15.9 Å². The van der Waals surface area contributed by atoms with Crippen molar-refractivity contribution in [1.82, 2.24) is 9.62 Å². The molecule has 1 N–H and O–H groups in total. The number of fused-ring (bicyclic) bond motifs is 1. The molecule has 9 heteroatoms. The van der Waals surface area contributed by atoms with Crippen LogP contribution in [0.25, 0.3) is 0 Å². The first kappa shape index (κ1) is 20.2. The number of aryl methyl sites for hydroxylation is 1. The van der Waals surface area contributed by atoms with Crippen molar-refractivity contribution in [3.8, 4) is 11.5 Å². The molecule has 1 aromatic carbocycles. The second-order valence-corrected chi connectivity index (χ2v) is 10.1. The molecule has 2 aromatic rings. The van der Waals surface area contributed by atoms with E-state index in [0.29, 0.717) is 56.2 Å². The molecule has 7 nitrogen and oxygen atoms in total. The third kappa shape index (κ3) is 4.91. The molecular weight excluding hydrogens is 412 g/mol. The summed E-state index contributed by atoms with van der Waals surface area (Å²) in [6, 6.07) is 8.98. The van der Waals surface area contributed by atoms with E-state index < -0.39 is 10.0 Å². The van der Waals surface area contributed by atoms with Crippen LogP contribution < -0.4 is 14.2 Å². The second kappa shape index (κ2) is 8.73. The van der Waals surface area contributed by atoms with E-state index in [-0.39, 0.29) is 11.9 Å². The molecule has 0 bridgehead atoms. The van der Waals surface area contributed by atoms with Crippen LogP contribution in [0.2, 0.25) is 0 Å². The summed E-state index contributed by atoms with van der Waals surface area (Å²) in [5.74, 6) is 1.58. The molecule has 4 rings (SSSR count). The van der Waals surface area contributed by atoms with Crippen LogP contribution in [-0.2, 0) is 21.2 Å². The van der Waals surface area contributed by atoms with Crippen molar-refractivity contribution in [1.29, 1.82) is 0 Å². The topological polar surface area (TPSA) is 84.9 Å². The van der Waals surface area contributed by atoms with Gasteiger partial charge in [-0.3, -0.25) is 4.79 Å². The summed E-state index contributed by atoms with van der Waals surface area (Å²) in [5.41, 5.74) is 1.04. The first-order chi connectivity index (χ1) is 14.0. The third-order valence-corrected chi connectivity index (χ3v) is 8.08. The minimum Gasteiger partial charge on any atom is -0.486 e. The van der Waals surface area contributed by atoms with Crippen molar-refractivity contribution in [2.24, 2.45) is 0 Å². The zero-order valence-corrected chi connectivity index (χ0v) is 17.6. The van der Waals surface area contributed by atoms with Crippen LogP contribution in [0.1, 0.15) is 24.8 Å². The number of benzene rings is 1. The minimum atomic E-state index is -3.47. The Labute approximate surface area is 174 Å². The van der Waals surface area contributed by atoms with Gasteiger partial charge in [-0.15, -0.1) is 11.3 Å². The van der Waals surface area contributed by atoms with Gasteiger partial charge in [-0.05, 0) is 48.4 Å². The predicted octanol–water partition coefficient (Wildman–Crippen LogP) is 2.42. The summed E-state index contributed by atoms with van der Waals surface area (Å²) >= 11 is 1.21. The van der Waals surface area contributed by atoms with Crippen LogP contribution in [-0.4, -0.2) is 51.6 Å². The van der Waals surface area contributed by atoms with E-state index in [9.17, 15) is 13.2 Å². The predicted molar refractivity (Wildman–Crippen MR) is 110 cm³/mol. The van der Waals surface area contributed by atoms with E-state index in [4.69, 9.17) is 9.47 Å². The van der Waals surface area contributed by atoms with Gasteiger partial charge in [-0.25, -0.2) is 13.1 Å². The molecule has 3 heterocycles. The molecule has 2 aliphatic heterocycles. The Morgan fingerprint density at radius 2 is 1.90 bits per heavy atom. The van der Waals surface area contributed by atoms with Gasteiger partial charge in [0.1, 0.15) is 17.4 Å². The molecule has 1 amide bonds. The quantitative estimate of drug-likeness (QED) is 0.752. The van der Waals surface area contributed by atoms with Crippen molar-refractivity contribution < 1.29 is 22.7 Å². The third-order valence-electron chi connectivity index (χ3n) is 5.16. The van der Waals surface area contributed by atoms with E-state index >= 15 is 0 Å². The first-order valence-corrected chi connectivity index (χ1v) is 12.1. The maximum atomic E-state index is 12.6. The molecule has 29 heavy (non-hydrogen) atoms. The average Bonchev–Trinajstić information content (AvgIpc) is 3.28. The zero-order valence-electron chi connectivity index (χ0n) is 16.0. The molecule has 0 spiro atoms. The number of amides is 1. The highest BCUT2D eigenvalue weighted by Crippen LogP contribution is 2.31. The van der Waals surface area contributed by atoms with Gasteiger partial charge < -0.3 is 14.4 Å². The number of likely N-dealkylation sites (tertiary alicyclic amines) is 1. The maximum absolute atomic E-state index is 12.6. The Hall–Kier alpha value is -2.10. The number of thiophene rings is 1. The number of nitrogens with one attached hydrogen (secondary N) is 1. The summed E-state index contributed by atoms with van der Waals surface area (Å²) in [7, 11) is -3.47. The summed E-state index contributed by atoms with van der Waals surface area (Å²) in [5, 5.41) is 1.75. The number of carbonyl (C=O) groups is 1. The molecule has 0 saturated carbocycles. The van der Waals surface area contributed by atoms with Crippen molar-refractivity contribution in [3.63, 3.8) is 0 Å². The van der Waals surface area contributed by atoms with E-state index in [0.717, 1.165) is 17.1 Å². The lowest BCUT2D eigenvalue weighted by Gasteiger charge is -2.32. The molecule has 0 aliphatic carbocycles. The van der Waals surface area contributed by atoms with Crippen molar-refractivity contribution in [2.75, 3.05) is 26.3 Å². The first-order valence-electron chi connectivity index (χ1n) is 9.73. The zero-order chi connectivity index (χ0) is 20.3. The molecule has 1 fully saturated rings. The van der Waals surface area contributed by atoms with E-state index in [1.54, 1.807) is 17.5 Å². The number of sulfonamides is 1. The molecule has 0 unspecified atom stereocenters. The van der Waals surface area contributed by atoms with Crippen LogP contribution in [0.3, 0.4) is 0 Å². The van der Waals surface area contributed by atoms with Crippen molar-refractivity contribution in [2.45, 2.75) is 35.9 Å². The van der Waals surface area contributed by atoms with Crippen LogP contribution >= 0.6 is 11.3 Å². The van der Waals surface area contributed by atoms with Crippen molar-refractivity contribution in [3.05, 3.63) is 41.3 Å². The Kier molecular flexibility index (Phi) is 6.07. The Bertz CT molecular complexity index is 951. The average molecular weight is 437 g/mol. The Balaban J connectivity index is 1.25. The lowest BCUT2D eigenvalue weighted by Crippen LogP contribution is -2.46. The fourth-order valence-electron chi connectivity index (χ4n) is 3.59. The second-order valence-electron chi connectivity index (χ2n) is 7.19. The highest BCUT2D eigenvalue weighted by atomic mass is 32.2. The number of nitrogens with zero attached hydrogens (tertiary/aromatic N) is 1. The van der Waals surface area contributed by atoms with E-state index in [1.165, 1.54) is 11.3 Å². The van der Waals surface area contributed by atoms with Gasteiger partial charge in [-0.2, -0.15) is 0 Å². The number of ether oxygens (including phenoxy) is 2. The molecule has 0 radical (unpaired) electrons.